The minimum atomic E-state index is -3.52. The van der Waals surface area contributed by atoms with Gasteiger partial charge in [0.1, 0.15) is 11.4 Å². The molecule has 0 radical (unpaired) electrons. The van der Waals surface area contributed by atoms with Crippen LogP contribution in [0.5, 0.6) is 0 Å². The molecule has 4 heterocycles. The summed E-state index contributed by atoms with van der Waals surface area (Å²) in [4.78, 5) is 12.9. The van der Waals surface area contributed by atoms with Crippen molar-refractivity contribution in [2.24, 2.45) is 0 Å². The Morgan fingerprint density at radius 2 is 1.20 bits per heavy atom. The van der Waals surface area contributed by atoms with Crippen molar-refractivity contribution < 1.29 is 56.3 Å². The summed E-state index contributed by atoms with van der Waals surface area (Å²) in [6.07, 6.45) is -17.9. The maximum absolute atomic E-state index is 14.7. The fraction of sp³-hybridized carbons (Fsp3) is 0.151. The van der Waals surface area contributed by atoms with Gasteiger partial charge in [0, 0.05) is 48.7 Å². The Bertz CT molecular complexity index is 3630. The maximum atomic E-state index is 14.7. The van der Waals surface area contributed by atoms with Crippen LogP contribution in [-0.4, -0.2) is 15.0 Å². The molecule has 0 aliphatic rings. The fourth-order valence-electron chi connectivity index (χ4n) is 6.17. The topological polar surface area (TPSA) is 51.8 Å². The third kappa shape index (κ3) is 9.00. The van der Waals surface area contributed by atoms with Crippen LogP contribution in [-0.2, 0) is 58.3 Å². The Labute approximate surface area is 386 Å². The number of furan rings is 1. The van der Waals surface area contributed by atoms with Gasteiger partial charge >= 0.3 is 20.1 Å². The summed E-state index contributed by atoms with van der Waals surface area (Å²) in [5.41, 5.74) is -4.88. The van der Waals surface area contributed by atoms with Crippen molar-refractivity contribution in [1.82, 2.24) is 15.0 Å². The van der Waals surface area contributed by atoms with Crippen LogP contribution in [0, 0.1) is 37.7 Å². The molecule has 4 aromatic heterocycles. The van der Waals surface area contributed by atoms with Gasteiger partial charge in [-0.25, -0.2) is 4.39 Å². The first-order valence-corrected chi connectivity index (χ1v) is 17.8. The van der Waals surface area contributed by atoms with Gasteiger partial charge in [-0.15, -0.1) is 90.0 Å². The number of halogens is 1. The van der Waals surface area contributed by atoms with Crippen molar-refractivity contribution in [2.75, 3.05) is 0 Å². The molecule has 0 amide bonds. The SMILES string of the molecule is [2H]c1cc2oc3c(-c4ccc(C([2H])([2H])C([2H])([2H])c5cc(C([2H])([2H])C([2H])([2H])c6cnc(-c7[c-]cccc7)cc6C([2H])([2H])[2H])cc(C([2H])([2H])C([2H])([2H])c6cnc(-c7[c-]cccc7)cc6C([2H])([2H])[2H])c5)cn4)[c-]ccc3c2c([2H])c1F.[Ir+3]. The summed E-state index contributed by atoms with van der Waals surface area (Å²) in [5.74, 6) is -1.07. The van der Waals surface area contributed by atoms with E-state index in [-0.39, 0.29) is 64.7 Å². The molecule has 6 heteroatoms. The summed E-state index contributed by atoms with van der Waals surface area (Å²) in [5, 5.41) is 0.362. The van der Waals surface area contributed by atoms with E-state index in [1.165, 1.54) is 30.3 Å². The first-order valence-electron chi connectivity index (χ1n) is 27.8. The van der Waals surface area contributed by atoms with Crippen LogP contribution < -0.4 is 0 Å². The van der Waals surface area contributed by atoms with Gasteiger partial charge < -0.3 is 19.4 Å². The Hall–Kier alpha value is -6.07. The molecular formula is C53H41FIrN3O. The fourth-order valence-corrected chi connectivity index (χ4v) is 6.17. The zero-order valence-corrected chi connectivity index (χ0v) is 33.0. The van der Waals surface area contributed by atoms with Gasteiger partial charge in [-0.05, 0) is 121 Å². The Morgan fingerprint density at radius 3 is 1.76 bits per heavy atom. The zero-order valence-electron chi connectivity index (χ0n) is 50.6. The number of hydrogen-bond acceptors (Lipinski definition) is 4. The molecule has 0 unspecified atom stereocenters. The molecule has 0 saturated carbocycles. The van der Waals surface area contributed by atoms with Gasteiger partial charge in [0.25, 0.3) is 0 Å². The number of hydrogen-bond donors (Lipinski definition) is 0. The van der Waals surface area contributed by atoms with Crippen LogP contribution in [0.4, 0.5) is 4.39 Å². The van der Waals surface area contributed by atoms with Crippen LogP contribution in [0.15, 0.2) is 144 Å². The normalized spacial score (nSPS) is 18.1. The number of aryl methyl sites for hydroxylation is 8. The van der Waals surface area contributed by atoms with E-state index in [4.69, 9.17) is 15.4 Å². The minimum Gasteiger partial charge on any atom is -0.501 e. The maximum Gasteiger partial charge on any atom is 3.00 e. The van der Waals surface area contributed by atoms with E-state index in [2.05, 4.69) is 33.2 Å². The molecule has 9 rings (SSSR count). The second kappa shape index (κ2) is 17.8. The van der Waals surface area contributed by atoms with Crippen molar-refractivity contribution in [3.63, 3.8) is 0 Å². The number of nitrogens with zero attached hydrogens (tertiary/aromatic N) is 3. The minimum absolute atomic E-state index is 0. The summed E-state index contributed by atoms with van der Waals surface area (Å²) in [7, 11) is 0. The van der Waals surface area contributed by atoms with Crippen molar-refractivity contribution in [2.45, 2.75) is 51.9 Å². The van der Waals surface area contributed by atoms with E-state index in [0.717, 1.165) is 55.0 Å². The molecule has 0 bridgehead atoms. The Morgan fingerprint density at radius 1 is 0.610 bits per heavy atom. The second-order valence-corrected chi connectivity index (χ2v) is 12.9. The molecule has 5 aromatic carbocycles. The predicted molar refractivity (Wildman–Crippen MR) is 231 cm³/mol. The van der Waals surface area contributed by atoms with Crippen LogP contribution in [0.1, 0.15) is 71.9 Å². The summed E-state index contributed by atoms with van der Waals surface area (Å²) >= 11 is 0. The number of pyridine rings is 3. The standard InChI is InChI=1S/C53H41FN3O.Ir/c1-35-26-50(41-10-5-3-6-11-41)56-33-43(35)21-18-39-28-38(29-40(30-39)19-22-44-34-57-51(27-36(44)2)42-12-7-4-8-13-42)17-16-37-20-24-49(55-32-37)47-15-9-14-46-48-31-45(54)23-25-52(48)58-53(46)47;/h3-10,12,14,20,23-34H,16-19,21-22H2,1-2H3;/q-3;+3/i1D3,2D3,16D2,17D2,18D2,19D2,21D2,22D2,23D,31D;. The van der Waals surface area contributed by atoms with Gasteiger partial charge in [0.15, 0.2) is 0 Å². The zero-order chi connectivity index (χ0) is 56.9. The van der Waals surface area contributed by atoms with Gasteiger partial charge in [0.05, 0.1) is 8.32 Å². The van der Waals surface area contributed by atoms with Crippen molar-refractivity contribution in [1.29, 1.82) is 0 Å². The molecule has 9 aromatic rings. The Balaban J connectivity index is 0.00000822. The van der Waals surface area contributed by atoms with Crippen LogP contribution in [0.25, 0.3) is 55.7 Å². The third-order valence-electron chi connectivity index (χ3n) is 9.01. The molecule has 59 heavy (non-hydrogen) atoms. The first kappa shape index (κ1) is 22.3. The average Bonchev–Trinajstić information content (AvgIpc) is 3.88. The third-order valence-corrected chi connectivity index (χ3v) is 9.01. The van der Waals surface area contributed by atoms with E-state index in [1.807, 2.05) is 0 Å². The van der Waals surface area contributed by atoms with Crippen LogP contribution in [0.3, 0.4) is 0 Å². The smallest absolute Gasteiger partial charge is 0.501 e. The molecule has 0 aliphatic carbocycles. The molecule has 290 valence electrons. The Kier molecular flexibility index (Phi) is 6.75. The molecule has 0 fully saturated rings. The van der Waals surface area contributed by atoms with Crippen LogP contribution in [0.2, 0.25) is 0 Å². The van der Waals surface area contributed by atoms with E-state index < -0.39 is 114 Å². The first-order chi connectivity index (χ1) is 36.2. The van der Waals surface area contributed by atoms with Gasteiger partial charge in [-0.1, -0.05) is 64.5 Å². The monoisotopic (exact) mass is 967 g/mol. The van der Waals surface area contributed by atoms with Crippen molar-refractivity contribution in [3.05, 3.63) is 208 Å². The molecule has 0 spiro atoms. The largest absolute Gasteiger partial charge is 3.00 e. The van der Waals surface area contributed by atoms with E-state index in [0.29, 0.717) is 17.2 Å². The molecule has 0 N–H and O–H groups in total. The van der Waals surface area contributed by atoms with Crippen LogP contribution >= 0.6 is 0 Å². The summed E-state index contributed by atoms with van der Waals surface area (Å²) in [6.45, 7) is -6.20. The number of rotatable bonds is 12. The number of fused-ring (bicyclic) bond motifs is 3. The van der Waals surface area contributed by atoms with Gasteiger partial charge in [-0.2, -0.15) is 0 Å². The number of benzene rings is 5. The molecule has 0 saturated heterocycles. The summed E-state index contributed by atoms with van der Waals surface area (Å²) < 4.78 is 201. The molecule has 0 aliphatic heterocycles. The van der Waals surface area contributed by atoms with Gasteiger partial charge in [0.2, 0.25) is 0 Å². The molecule has 0 atom stereocenters. The number of aromatic nitrogens is 3. The molecular weight excluding hydrogens is 906 g/mol. The average molecular weight is 967 g/mol. The van der Waals surface area contributed by atoms with Crippen molar-refractivity contribution in [3.8, 4) is 33.8 Å². The summed E-state index contributed by atoms with van der Waals surface area (Å²) in [6, 6.07) is 31.2. The second-order valence-electron chi connectivity index (χ2n) is 12.9. The molecule has 4 nitrogen and oxygen atoms in total. The van der Waals surface area contributed by atoms with Crippen molar-refractivity contribution >= 4 is 21.9 Å². The van der Waals surface area contributed by atoms with Gasteiger partial charge in [-0.3, -0.25) is 0 Å². The van der Waals surface area contributed by atoms with E-state index in [9.17, 15) is 20.8 Å². The van der Waals surface area contributed by atoms with E-state index in [1.54, 1.807) is 36.4 Å². The predicted octanol–water partition coefficient (Wildman–Crippen LogP) is 12.3. The quantitative estimate of drug-likeness (QED) is 0.115. The van der Waals surface area contributed by atoms with E-state index >= 15 is 0 Å².